The Morgan fingerprint density at radius 3 is 2.44 bits per heavy atom. The van der Waals surface area contributed by atoms with Crippen molar-refractivity contribution < 1.29 is 9.59 Å². The van der Waals surface area contributed by atoms with Crippen molar-refractivity contribution in [2.75, 3.05) is 26.2 Å². The third kappa shape index (κ3) is 4.95. The molecule has 0 aromatic carbocycles. The lowest BCUT2D eigenvalue weighted by Crippen LogP contribution is -2.51. The second-order valence-electron chi connectivity index (χ2n) is 9.29. The molecule has 1 aliphatic carbocycles. The summed E-state index contributed by atoms with van der Waals surface area (Å²) in [6.07, 6.45) is 9.53. The normalized spacial score (nSPS) is 17.4. The van der Waals surface area contributed by atoms with Gasteiger partial charge in [-0.05, 0) is 23.8 Å². The zero-order chi connectivity index (χ0) is 23.5. The highest BCUT2D eigenvalue weighted by Crippen LogP contribution is 2.33. The zero-order valence-corrected chi connectivity index (χ0v) is 20.9. The Balaban J connectivity index is 1.18. The third-order valence-corrected chi connectivity index (χ3v) is 8.92. The fourth-order valence-electron chi connectivity index (χ4n) is 5.11. The number of fused-ring (bicyclic) bond motifs is 1. The van der Waals surface area contributed by atoms with Crippen LogP contribution in [0.5, 0.6) is 0 Å². The minimum atomic E-state index is -0.181. The fourth-order valence-corrected chi connectivity index (χ4v) is 6.83. The Morgan fingerprint density at radius 2 is 1.74 bits per heavy atom. The number of nitrogens with zero attached hydrogens (tertiary/aromatic N) is 4. The van der Waals surface area contributed by atoms with Crippen LogP contribution in [0.2, 0.25) is 0 Å². The maximum absolute atomic E-state index is 13.2. The highest BCUT2D eigenvalue weighted by Gasteiger charge is 2.25. The van der Waals surface area contributed by atoms with Crippen molar-refractivity contribution in [3.63, 3.8) is 0 Å². The van der Waals surface area contributed by atoms with Crippen LogP contribution in [-0.4, -0.2) is 57.3 Å². The van der Waals surface area contributed by atoms with Gasteiger partial charge in [-0.15, -0.1) is 22.7 Å². The van der Waals surface area contributed by atoms with Gasteiger partial charge in [0.1, 0.15) is 11.4 Å². The van der Waals surface area contributed by atoms with E-state index >= 15 is 0 Å². The van der Waals surface area contributed by atoms with Gasteiger partial charge in [0.15, 0.2) is 0 Å². The number of hydrogen-bond acceptors (Lipinski definition) is 6. The Kier molecular flexibility index (Phi) is 7.10. The average molecular weight is 499 g/mol. The van der Waals surface area contributed by atoms with Crippen LogP contribution in [0.1, 0.15) is 44.9 Å². The van der Waals surface area contributed by atoms with Crippen molar-refractivity contribution in [3.05, 3.63) is 39.6 Å². The van der Waals surface area contributed by atoms with Crippen LogP contribution < -0.4 is 5.56 Å². The van der Waals surface area contributed by atoms with E-state index in [-0.39, 0.29) is 23.9 Å². The topological polar surface area (TPSA) is 75.5 Å². The standard InChI is InChI=1S/C25H30N4O3S2/c30-21(9-8-18-5-2-1-3-6-18)27-10-12-28(13-11-27)22(31)15-29-17-26-24-23(25(29)32)19(16-34-24)20-7-4-14-33-20/h4,7,14,16-18H,1-3,5-6,8-13,15H2. The van der Waals surface area contributed by atoms with Gasteiger partial charge in [0.2, 0.25) is 11.8 Å². The molecule has 180 valence electrons. The van der Waals surface area contributed by atoms with Crippen LogP contribution in [0.25, 0.3) is 20.7 Å². The van der Waals surface area contributed by atoms with Crippen molar-refractivity contribution in [1.29, 1.82) is 0 Å². The van der Waals surface area contributed by atoms with Crippen molar-refractivity contribution in [2.45, 2.75) is 51.5 Å². The summed E-state index contributed by atoms with van der Waals surface area (Å²) in [5.41, 5.74) is 0.703. The van der Waals surface area contributed by atoms with Crippen LogP contribution in [0.3, 0.4) is 0 Å². The lowest BCUT2D eigenvalue weighted by atomic mass is 9.86. The second kappa shape index (κ2) is 10.4. The second-order valence-corrected chi connectivity index (χ2v) is 11.1. The van der Waals surface area contributed by atoms with Crippen molar-refractivity contribution in [3.8, 4) is 10.4 Å². The van der Waals surface area contributed by atoms with E-state index in [1.807, 2.05) is 27.8 Å². The number of amides is 2. The summed E-state index contributed by atoms with van der Waals surface area (Å²) in [7, 11) is 0. The summed E-state index contributed by atoms with van der Waals surface area (Å²) in [5.74, 6) is 0.806. The molecule has 2 fully saturated rings. The molecule has 5 rings (SSSR count). The summed E-state index contributed by atoms with van der Waals surface area (Å²) in [5, 5.41) is 4.52. The van der Waals surface area contributed by atoms with Crippen LogP contribution >= 0.6 is 22.7 Å². The number of carbonyl (C=O) groups is 2. The van der Waals surface area contributed by atoms with E-state index < -0.39 is 0 Å². The molecule has 0 atom stereocenters. The van der Waals surface area contributed by atoms with Gasteiger partial charge in [-0.25, -0.2) is 4.98 Å². The first-order chi connectivity index (χ1) is 16.6. The monoisotopic (exact) mass is 498 g/mol. The van der Waals surface area contributed by atoms with E-state index in [4.69, 9.17) is 0 Å². The Bertz CT molecular complexity index is 1200. The molecule has 3 aromatic rings. The van der Waals surface area contributed by atoms with Gasteiger partial charge < -0.3 is 9.80 Å². The molecule has 7 nitrogen and oxygen atoms in total. The van der Waals surface area contributed by atoms with Gasteiger partial charge in [0.25, 0.3) is 5.56 Å². The quantitative estimate of drug-likeness (QED) is 0.510. The summed E-state index contributed by atoms with van der Waals surface area (Å²) in [4.78, 5) is 48.6. The maximum Gasteiger partial charge on any atom is 0.263 e. The molecular weight excluding hydrogens is 468 g/mol. The fraction of sp³-hybridized carbons (Fsp3) is 0.520. The molecule has 1 saturated carbocycles. The summed E-state index contributed by atoms with van der Waals surface area (Å²) < 4.78 is 1.41. The largest absolute Gasteiger partial charge is 0.339 e. The van der Waals surface area contributed by atoms with E-state index in [1.165, 1.54) is 54.3 Å². The lowest BCUT2D eigenvalue weighted by Gasteiger charge is -2.35. The summed E-state index contributed by atoms with van der Waals surface area (Å²) in [6, 6.07) is 3.95. The number of aromatic nitrogens is 2. The van der Waals surface area contributed by atoms with Gasteiger partial charge in [-0.2, -0.15) is 0 Å². The van der Waals surface area contributed by atoms with E-state index in [0.717, 1.165) is 16.9 Å². The molecule has 34 heavy (non-hydrogen) atoms. The van der Waals surface area contributed by atoms with E-state index in [0.29, 0.717) is 48.7 Å². The molecule has 0 bridgehead atoms. The SMILES string of the molecule is O=C(CCC1CCCCC1)N1CCN(C(=O)Cn2cnc3scc(-c4cccs4)c3c2=O)CC1. The number of thiophene rings is 2. The van der Waals surface area contributed by atoms with Crippen molar-refractivity contribution >= 4 is 44.7 Å². The minimum Gasteiger partial charge on any atom is -0.339 e. The number of rotatable bonds is 6. The highest BCUT2D eigenvalue weighted by atomic mass is 32.1. The van der Waals surface area contributed by atoms with Gasteiger partial charge in [-0.1, -0.05) is 38.2 Å². The van der Waals surface area contributed by atoms with E-state index in [2.05, 4.69) is 4.98 Å². The lowest BCUT2D eigenvalue weighted by molar-refractivity contribution is -0.140. The molecule has 1 aliphatic heterocycles. The predicted octanol–water partition coefficient (Wildman–Crippen LogP) is 4.22. The van der Waals surface area contributed by atoms with E-state index in [1.54, 1.807) is 16.2 Å². The first-order valence-corrected chi connectivity index (χ1v) is 13.9. The average Bonchev–Trinajstić information content (AvgIpc) is 3.55. The summed E-state index contributed by atoms with van der Waals surface area (Å²) in [6.45, 7) is 2.12. The van der Waals surface area contributed by atoms with E-state index in [9.17, 15) is 14.4 Å². The predicted molar refractivity (Wildman–Crippen MR) is 136 cm³/mol. The minimum absolute atomic E-state index is 0.0306. The van der Waals surface area contributed by atoms with Crippen LogP contribution in [0.4, 0.5) is 0 Å². The Morgan fingerprint density at radius 1 is 1.00 bits per heavy atom. The molecule has 4 heterocycles. The Hall–Kier alpha value is -2.52. The van der Waals surface area contributed by atoms with Crippen LogP contribution in [0, 0.1) is 5.92 Å². The van der Waals surface area contributed by atoms with Gasteiger partial charge in [0.05, 0.1) is 11.7 Å². The smallest absolute Gasteiger partial charge is 0.263 e. The molecule has 0 radical (unpaired) electrons. The summed E-state index contributed by atoms with van der Waals surface area (Å²) >= 11 is 3.03. The molecule has 0 unspecified atom stereocenters. The number of carbonyl (C=O) groups excluding carboxylic acids is 2. The van der Waals surface area contributed by atoms with Gasteiger partial charge in [0, 0.05) is 48.4 Å². The maximum atomic E-state index is 13.2. The number of piperazine rings is 1. The van der Waals surface area contributed by atoms with Crippen molar-refractivity contribution in [2.24, 2.45) is 5.92 Å². The molecule has 1 saturated heterocycles. The molecule has 0 spiro atoms. The zero-order valence-electron chi connectivity index (χ0n) is 19.3. The first-order valence-electron chi connectivity index (χ1n) is 12.2. The van der Waals surface area contributed by atoms with Gasteiger partial charge >= 0.3 is 0 Å². The molecule has 3 aromatic heterocycles. The third-order valence-electron chi connectivity index (χ3n) is 7.13. The molecule has 0 N–H and O–H groups in total. The van der Waals surface area contributed by atoms with Crippen LogP contribution in [-0.2, 0) is 16.1 Å². The number of hydrogen-bond donors (Lipinski definition) is 0. The molecule has 9 heteroatoms. The first kappa shape index (κ1) is 23.2. The van der Waals surface area contributed by atoms with Crippen molar-refractivity contribution in [1.82, 2.24) is 19.4 Å². The molecule has 2 amide bonds. The Labute approximate surface area is 207 Å². The van der Waals surface area contributed by atoms with Crippen LogP contribution in [0.15, 0.2) is 34.0 Å². The highest BCUT2D eigenvalue weighted by molar-refractivity contribution is 7.18. The molecule has 2 aliphatic rings. The van der Waals surface area contributed by atoms with Gasteiger partial charge in [-0.3, -0.25) is 19.0 Å². The molecular formula is C25H30N4O3S2.